The lowest BCUT2D eigenvalue weighted by atomic mass is 9.82. The zero-order valence-corrected chi connectivity index (χ0v) is 36.8. The summed E-state index contributed by atoms with van der Waals surface area (Å²) in [6.07, 6.45) is 4.80. The van der Waals surface area contributed by atoms with Gasteiger partial charge in [-0.1, -0.05) is 97.1 Å². The van der Waals surface area contributed by atoms with Gasteiger partial charge in [0, 0.05) is 59.8 Å². The second kappa shape index (κ2) is 15.7. The van der Waals surface area contributed by atoms with Crippen molar-refractivity contribution < 1.29 is 81.7 Å². The van der Waals surface area contributed by atoms with Gasteiger partial charge in [0.05, 0.1) is 39.4 Å². The Bertz CT molecular complexity index is 2030. The number of rotatable bonds is 8. The third-order valence-electron chi connectivity index (χ3n) is 15.0. The van der Waals surface area contributed by atoms with Crippen molar-refractivity contribution in [1.82, 2.24) is 0 Å². The van der Waals surface area contributed by atoms with Gasteiger partial charge in [-0.15, -0.1) is 0 Å². The number of ether oxygens (including phenoxy) is 4. The Balaban J connectivity index is 0.000000149. The number of hydrogen-bond donors (Lipinski definition) is 2. The maximum absolute atomic E-state index is 13.5. The van der Waals surface area contributed by atoms with Crippen LogP contribution in [-0.2, 0) is 39.7 Å². The summed E-state index contributed by atoms with van der Waals surface area (Å²) in [6, 6.07) is 30.4. The quantitative estimate of drug-likeness (QED) is 0.130. The second-order valence-electron chi connectivity index (χ2n) is 18.4. The molecule has 8 heterocycles. The number of fused-ring (bicyclic) bond motifs is 12. The number of epoxide rings is 2. The van der Waals surface area contributed by atoms with E-state index in [0.717, 1.165) is 122 Å². The van der Waals surface area contributed by atoms with Gasteiger partial charge in [0.2, 0.25) is 11.2 Å². The molecule has 4 aromatic rings. The standard InChI is InChI=1S/2C24H26NO4.2BrH/c2*26-23(29-22-14-25(13-17-15-28-17)11-9-16(22)10-12-25)24(27)20-7-3-1-5-18(20)19-6-2-4-8-21(19)24;;/h2*1-8,16-17,22,27H,9-15H2;2*1H/q2*+1;;/p-2/t2*16?,17?,22-,25?;;/m00../s1. The van der Waals surface area contributed by atoms with Crippen molar-refractivity contribution >= 4 is 11.9 Å². The molecule has 12 heteroatoms. The molecule has 14 rings (SSSR count). The molecule has 316 valence electrons. The SMILES string of the molecule is O=C(O[C@H]1C[N+]2(CC3CO3)CCC1CC2)C1(O)c2ccccc2-c2ccccc21.O=C(O[C@H]1C[N+]2(CC3CO3)CCC1CC2)C1(O)c2ccccc2-c2ccccc21.[Br-].[Br-]. The van der Waals surface area contributed by atoms with Gasteiger partial charge in [0.25, 0.3) is 0 Å². The fourth-order valence-electron chi connectivity index (χ4n) is 11.7. The lowest BCUT2D eigenvalue weighted by Crippen LogP contribution is -3.00. The Morgan fingerprint density at radius 3 is 1.10 bits per heavy atom. The molecule has 8 aliphatic heterocycles. The maximum atomic E-state index is 13.5. The van der Waals surface area contributed by atoms with Crippen LogP contribution in [-0.4, -0.2) is 121 Å². The van der Waals surface area contributed by atoms with Crippen LogP contribution in [0, 0.1) is 11.8 Å². The van der Waals surface area contributed by atoms with Gasteiger partial charge in [-0.05, 0) is 22.3 Å². The predicted octanol–water partition coefficient (Wildman–Crippen LogP) is -1.08. The third kappa shape index (κ3) is 6.90. The van der Waals surface area contributed by atoms with Gasteiger partial charge in [0.15, 0.2) is 12.2 Å². The van der Waals surface area contributed by atoms with E-state index in [-0.39, 0.29) is 46.2 Å². The Kier molecular flexibility index (Phi) is 11.0. The molecule has 0 saturated carbocycles. The van der Waals surface area contributed by atoms with E-state index in [1.165, 1.54) is 0 Å². The number of quaternary nitrogens is 2. The van der Waals surface area contributed by atoms with Gasteiger partial charge >= 0.3 is 11.9 Å². The normalized spacial score (nSPS) is 32.0. The van der Waals surface area contributed by atoms with Crippen LogP contribution >= 0.6 is 0 Å². The average molecular weight is 945 g/mol. The fraction of sp³-hybridized carbons (Fsp3) is 0.458. The molecule has 2 aliphatic carbocycles. The molecular weight excluding hydrogens is 892 g/mol. The summed E-state index contributed by atoms with van der Waals surface area (Å²) in [6.45, 7) is 10.0. The Morgan fingerprint density at radius 2 is 0.817 bits per heavy atom. The van der Waals surface area contributed by atoms with Crippen LogP contribution in [0.1, 0.15) is 47.9 Å². The molecular formula is C48H52Br2N2O8. The largest absolute Gasteiger partial charge is 1.00 e. The fourth-order valence-corrected chi connectivity index (χ4v) is 11.7. The molecule has 4 atom stereocenters. The monoisotopic (exact) mass is 942 g/mol. The first kappa shape index (κ1) is 41.9. The number of piperidine rings is 6. The number of aliphatic hydroxyl groups is 2. The van der Waals surface area contributed by atoms with Gasteiger partial charge in [-0.2, -0.15) is 0 Å². The molecule has 8 saturated heterocycles. The summed E-state index contributed by atoms with van der Waals surface area (Å²) in [5.41, 5.74) is 2.68. The van der Waals surface area contributed by atoms with E-state index in [1.807, 2.05) is 97.1 Å². The number of carbonyl (C=O) groups excluding carboxylic acids is 2. The Hall–Kier alpha value is -3.46. The summed E-state index contributed by atoms with van der Waals surface area (Å²) in [7, 11) is 0. The van der Waals surface area contributed by atoms with E-state index in [4.69, 9.17) is 18.9 Å². The van der Waals surface area contributed by atoms with E-state index < -0.39 is 23.1 Å². The van der Waals surface area contributed by atoms with Crippen LogP contribution in [0.5, 0.6) is 0 Å². The van der Waals surface area contributed by atoms with E-state index in [1.54, 1.807) is 0 Å². The zero-order valence-electron chi connectivity index (χ0n) is 33.6. The van der Waals surface area contributed by atoms with Crippen LogP contribution in [0.3, 0.4) is 0 Å². The lowest BCUT2D eigenvalue weighted by molar-refractivity contribution is -0.946. The minimum atomic E-state index is -1.73. The van der Waals surface area contributed by atoms with E-state index in [0.29, 0.717) is 46.3 Å². The van der Waals surface area contributed by atoms with Gasteiger partial charge in [0.1, 0.15) is 38.4 Å². The van der Waals surface area contributed by atoms with Crippen molar-refractivity contribution in [2.24, 2.45) is 11.8 Å². The molecule has 10 nitrogen and oxygen atoms in total. The molecule has 2 unspecified atom stereocenters. The number of hydrogen-bond acceptors (Lipinski definition) is 8. The van der Waals surface area contributed by atoms with Crippen LogP contribution in [0.4, 0.5) is 0 Å². The molecule has 8 fully saturated rings. The molecule has 0 radical (unpaired) electrons. The molecule has 0 aromatic heterocycles. The average Bonchev–Trinajstić information content (AvgIpc) is 4.21. The highest BCUT2D eigenvalue weighted by molar-refractivity contribution is 5.97. The van der Waals surface area contributed by atoms with Crippen molar-refractivity contribution in [3.05, 3.63) is 119 Å². The summed E-state index contributed by atoms with van der Waals surface area (Å²) in [5, 5.41) is 23.4. The summed E-state index contributed by atoms with van der Waals surface area (Å²) in [5.74, 6) is -0.270. The number of benzene rings is 4. The Labute approximate surface area is 372 Å². The van der Waals surface area contributed by atoms with Crippen molar-refractivity contribution in [3.63, 3.8) is 0 Å². The third-order valence-corrected chi connectivity index (χ3v) is 15.0. The first-order chi connectivity index (χ1) is 28.2. The van der Waals surface area contributed by atoms with Crippen molar-refractivity contribution in [1.29, 1.82) is 0 Å². The molecule has 0 spiro atoms. The number of esters is 2. The minimum absolute atomic E-state index is 0. The van der Waals surface area contributed by atoms with E-state index in [9.17, 15) is 19.8 Å². The second-order valence-corrected chi connectivity index (χ2v) is 18.4. The predicted molar refractivity (Wildman–Crippen MR) is 214 cm³/mol. The van der Waals surface area contributed by atoms with E-state index >= 15 is 0 Å². The summed E-state index contributed by atoms with van der Waals surface area (Å²) < 4.78 is 25.2. The molecule has 4 aromatic carbocycles. The van der Waals surface area contributed by atoms with Gasteiger partial charge in [-0.3, -0.25) is 0 Å². The maximum Gasteiger partial charge on any atom is 0.348 e. The first-order valence-corrected chi connectivity index (χ1v) is 21.4. The van der Waals surface area contributed by atoms with Crippen molar-refractivity contribution in [2.45, 2.75) is 61.3 Å². The van der Waals surface area contributed by atoms with Crippen LogP contribution in [0.25, 0.3) is 22.3 Å². The highest BCUT2D eigenvalue weighted by Crippen LogP contribution is 2.50. The molecule has 0 amide bonds. The number of carbonyl (C=O) groups is 2. The first-order valence-electron chi connectivity index (χ1n) is 21.4. The van der Waals surface area contributed by atoms with Crippen LogP contribution in [0.2, 0.25) is 0 Å². The highest BCUT2D eigenvalue weighted by Gasteiger charge is 2.56. The van der Waals surface area contributed by atoms with Gasteiger partial charge in [-0.25, -0.2) is 9.59 Å². The van der Waals surface area contributed by atoms with Gasteiger partial charge < -0.3 is 72.1 Å². The lowest BCUT2D eigenvalue weighted by Gasteiger charge is -2.52. The zero-order chi connectivity index (χ0) is 39.3. The highest BCUT2D eigenvalue weighted by atomic mass is 79.9. The van der Waals surface area contributed by atoms with Crippen molar-refractivity contribution in [3.8, 4) is 22.3 Å². The van der Waals surface area contributed by atoms with Crippen molar-refractivity contribution in [2.75, 3.05) is 65.6 Å². The smallest absolute Gasteiger partial charge is 0.348 e. The Morgan fingerprint density at radius 1 is 0.533 bits per heavy atom. The summed E-state index contributed by atoms with van der Waals surface area (Å²) in [4.78, 5) is 26.9. The van der Waals surface area contributed by atoms with Crippen LogP contribution < -0.4 is 34.0 Å². The molecule has 2 N–H and O–H groups in total. The number of halogens is 2. The number of nitrogens with zero attached hydrogens (tertiary/aromatic N) is 2. The van der Waals surface area contributed by atoms with E-state index in [2.05, 4.69) is 0 Å². The van der Waals surface area contributed by atoms with Crippen LogP contribution in [0.15, 0.2) is 97.1 Å². The molecule has 10 aliphatic rings. The molecule has 4 bridgehead atoms. The molecule has 60 heavy (non-hydrogen) atoms. The summed E-state index contributed by atoms with van der Waals surface area (Å²) >= 11 is 0. The topological polar surface area (TPSA) is 118 Å². The minimum Gasteiger partial charge on any atom is -1.00 e.